The van der Waals surface area contributed by atoms with E-state index in [1.54, 1.807) is 6.20 Å². The highest BCUT2D eigenvalue weighted by Gasteiger charge is 2.59. The van der Waals surface area contributed by atoms with E-state index in [0.717, 1.165) is 25.3 Å². The number of anilines is 1. The zero-order valence-corrected chi connectivity index (χ0v) is 19.8. The van der Waals surface area contributed by atoms with Crippen LogP contribution in [0.1, 0.15) is 51.3 Å². The normalized spacial score (nSPS) is 30.2. The Labute approximate surface area is 193 Å². The number of pyridine rings is 1. The number of ether oxygens (including phenoxy) is 1. The van der Waals surface area contributed by atoms with Crippen LogP contribution in [0.5, 0.6) is 5.75 Å². The molecule has 5 atom stereocenters. The minimum Gasteiger partial charge on any atom is -0.431 e. The molecule has 2 aromatic rings. The predicted molar refractivity (Wildman–Crippen MR) is 123 cm³/mol. The van der Waals surface area contributed by atoms with Gasteiger partial charge in [-0.15, -0.1) is 0 Å². The molecule has 2 aliphatic carbocycles. The Morgan fingerprint density at radius 3 is 2.52 bits per heavy atom. The molecule has 3 fully saturated rings. The summed E-state index contributed by atoms with van der Waals surface area (Å²) in [7, 11) is 2.21. The molecule has 180 valence electrons. The molecule has 3 aliphatic rings. The lowest BCUT2D eigenvalue weighted by Crippen LogP contribution is -2.54. The van der Waals surface area contributed by atoms with Crippen LogP contribution in [-0.4, -0.2) is 69.9 Å². The first kappa shape index (κ1) is 22.5. The van der Waals surface area contributed by atoms with Crippen molar-refractivity contribution >= 4 is 5.82 Å². The lowest BCUT2D eigenvalue weighted by atomic mass is 10.00. The van der Waals surface area contributed by atoms with Crippen molar-refractivity contribution in [3.63, 3.8) is 0 Å². The van der Waals surface area contributed by atoms with Crippen molar-refractivity contribution in [2.75, 3.05) is 32.4 Å². The summed E-state index contributed by atoms with van der Waals surface area (Å²) in [5.74, 6) is 1.75. The molecule has 1 aliphatic heterocycles. The molecule has 33 heavy (non-hydrogen) atoms. The van der Waals surface area contributed by atoms with E-state index in [0.29, 0.717) is 35.4 Å². The van der Waals surface area contributed by atoms with Gasteiger partial charge in [-0.3, -0.25) is 9.58 Å². The number of nitrogens with two attached hydrogens (primary N) is 1. The average molecular weight is 461 g/mol. The monoisotopic (exact) mass is 460 g/mol. The predicted octanol–water partition coefficient (Wildman–Crippen LogP) is 3.84. The van der Waals surface area contributed by atoms with Crippen LogP contribution in [0, 0.1) is 11.8 Å². The van der Waals surface area contributed by atoms with Crippen molar-refractivity contribution < 1.29 is 13.5 Å². The van der Waals surface area contributed by atoms with E-state index in [9.17, 15) is 8.78 Å². The van der Waals surface area contributed by atoms with E-state index in [1.807, 2.05) is 0 Å². The van der Waals surface area contributed by atoms with Crippen molar-refractivity contribution in [1.29, 1.82) is 0 Å². The Bertz CT molecular complexity index is 999. The molecule has 7 nitrogen and oxygen atoms in total. The molecule has 0 bridgehead atoms. The number of fused-ring (bicyclic) bond motifs is 1. The molecule has 2 N–H and O–H groups in total. The fourth-order valence-corrected chi connectivity index (χ4v) is 6.22. The summed E-state index contributed by atoms with van der Waals surface area (Å²) in [5.41, 5.74) is 8.31. The van der Waals surface area contributed by atoms with Gasteiger partial charge in [0.1, 0.15) is 0 Å². The molecule has 5 rings (SSSR count). The summed E-state index contributed by atoms with van der Waals surface area (Å²) in [5, 5.41) is 4.82. The first-order chi connectivity index (χ1) is 15.7. The van der Waals surface area contributed by atoms with Crippen LogP contribution in [0.4, 0.5) is 14.6 Å². The fourth-order valence-electron chi connectivity index (χ4n) is 6.22. The van der Waals surface area contributed by atoms with Gasteiger partial charge in [0.05, 0.1) is 5.69 Å². The lowest BCUT2D eigenvalue weighted by Gasteiger charge is -2.42. The minimum absolute atomic E-state index is 0.0523. The number of likely N-dealkylation sites (N-methyl/N-ethyl adjacent to an activating group) is 1. The molecule has 1 saturated heterocycles. The standard InChI is InChI=1S/C24H34F2N6O/c1-13(2)32-20(10-19(29-32)15-7-21(33-24(25)26)23(27)28-11-15)22-17-8-16(9-18(17)22)31-6-5-30(4)12-14(31)3/h7,10-11,13-14,16-18,22,24H,5-6,8-9,12H2,1-4H3,(H2,27,28)/t14-,16-,17-,18+,22?/m0/s1. The lowest BCUT2D eigenvalue weighted by molar-refractivity contribution is -0.0494. The molecule has 2 aromatic heterocycles. The maximum absolute atomic E-state index is 12.7. The molecule has 0 aromatic carbocycles. The summed E-state index contributed by atoms with van der Waals surface area (Å²) in [4.78, 5) is 9.19. The third kappa shape index (κ3) is 4.21. The second-order valence-corrected chi connectivity index (χ2v) is 10.3. The van der Waals surface area contributed by atoms with E-state index in [-0.39, 0.29) is 17.6 Å². The van der Waals surface area contributed by atoms with Crippen molar-refractivity contribution in [3.05, 3.63) is 24.0 Å². The van der Waals surface area contributed by atoms with Gasteiger partial charge in [-0.25, -0.2) is 4.98 Å². The Balaban J connectivity index is 1.34. The van der Waals surface area contributed by atoms with Gasteiger partial charge in [-0.1, -0.05) is 0 Å². The van der Waals surface area contributed by atoms with Crippen LogP contribution in [0.2, 0.25) is 0 Å². The molecule has 0 amide bonds. The Kier molecular flexibility index (Phi) is 5.81. The maximum atomic E-state index is 12.7. The number of hydrogen-bond acceptors (Lipinski definition) is 6. The van der Waals surface area contributed by atoms with Gasteiger partial charge in [-0.05, 0) is 64.6 Å². The van der Waals surface area contributed by atoms with Crippen LogP contribution in [0.15, 0.2) is 18.3 Å². The van der Waals surface area contributed by atoms with Gasteiger partial charge < -0.3 is 15.4 Å². The first-order valence-corrected chi connectivity index (χ1v) is 12.0. The van der Waals surface area contributed by atoms with Crippen molar-refractivity contribution in [2.45, 2.75) is 64.3 Å². The highest BCUT2D eigenvalue weighted by molar-refractivity contribution is 5.64. The maximum Gasteiger partial charge on any atom is 0.387 e. The van der Waals surface area contributed by atoms with Gasteiger partial charge in [-0.2, -0.15) is 13.9 Å². The highest BCUT2D eigenvalue weighted by Crippen LogP contribution is 2.64. The third-order valence-electron chi connectivity index (χ3n) is 7.76. The topological polar surface area (TPSA) is 72.4 Å². The number of nitrogen functional groups attached to an aromatic ring is 1. The van der Waals surface area contributed by atoms with Crippen molar-refractivity contribution in [3.8, 4) is 17.0 Å². The number of halogens is 2. The molecular formula is C24H34F2N6O. The SMILES string of the molecule is CC(C)n1nc(-c2cnc(N)c(OC(F)F)c2)cc1C1[C@H]2C[C@H](N3CCN(C)C[C@@H]3C)C[C@@H]12. The van der Waals surface area contributed by atoms with Gasteiger partial charge in [0, 0.05) is 61.1 Å². The van der Waals surface area contributed by atoms with E-state index in [2.05, 4.69) is 58.1 Å². The van der Waals surface area contributed by atoms with Gasteiger partial charge in [0.15, 0.2) is 11.6 Å². The van der Waals surface area contributed by atoms with Crippen LogP contribution in [0.3, 0.4) is 0 Å². The zero-order valence-electron chi connectivity index (χ0n) is 19.8. The van der Waals surface area contributed by atoms with E-state index in [4.69, 9.17) is 10.8 Å². The summed E-state index contributed by atoms with van der Waals surface area (Å²) in [6.07, 6.45) is 4.07. The number of piperazine rings is 1. The largest absolute Gasteiger partial charge is 0.431 e. The smallest absolute Gasteiger partial charge is 0.387 e. The van der Waals surface area contributed by atoms with E-state index in [1.165, 1.54) is 24.6 Å². The van der Waals surface area contributed by atoms with Gasteiger partial charge in [0.25, 0.3) is 0 Å². The van der Waals surface area contributed by atoms with Crippen molar-refractivity contribution in [1.82, 2.24) is 24.6 Å². The fraction of sp³-hybridized carbons (Fsp3) is 0.667. The summed E-state index contributed by atoms with van der Waals surface area (Å²) in [6, 6.07) is 5.12. The summed E-state index contributed by atoms with van der Waals surface area (Å²) >= 11 is 0. The zero-order chi connectivity index (χ0) is 23.4. The van der Waals surface area contributed by atoms with Gasteiger partial charge >= 0.3 is 6.61 Å². The molecule has 0 radical (unpaired) electrons. The summed E-state index contributed by atoms with van der Waals surface area (Å²) in [6.45, 7) is 7.11. The second-order valence-electron chi connectivity index (χ2n) is 10.3. The Hall–Kier alpha value is -2.26. The molecule has 0 spiro atoms. The number of aromatic nitrogens is 3. The van der Waals surface area contributed by atoms with Gasteiger partial charge in [0.2, 0.25) is 0 Å². The Morgan fingerprint density at radius 2 is 1.88 bits per heavy atom. The van der Waals surface area contributed by atoms with Crippen molar-refractivity contribution in [2.24, 2.45) is 11.8 Å². The van der Waals surface area contributed by atoms with E-state index >= 15 is 0 Å². The number of rotatable bonds is 6. The van der Waals surface area contributed by atoms with Crippen LogP contribution >= 0.6 is 0 Å². The second kappa shape index (κ2) is 8.51. The highest BCUT2D eigenvalue weighted by atomic mass is 19.3. The van der Waals surface area contributed by atoms with Crippen LogP contribution in [-0.2, 0) is 0 Å². The number of alkyl halides is 2. The van der Waals surface area contributed by atoms with Crippen LogP contribution in [0.25, 0.3) is 11.3 Å². The quantitative estimate of drug-likeness (QED) is 0.706. The first-order valence-electron chi connectivity index (χ1n) is 12.0. The molecule has 2 saturated carbocycles. The third-order valence-corrected chi connectivity index (χ3v) is 7.76. The molecule has 1 unspecified atom stereocenters. The average Bonchev–Trinajstić information content (AvgIpc) is 3.09. The summed E-state index contributed by atoms with van der Waals surface area (Å²) < 4.78 is 32.1. The molecular weight excluding hydrogens is 426 g/mol. The molecule has 9 heteroatoms. The Morgan fingerprint density at radius 1 is 1.15 bits per heavy atom. The number of hydrogen-bond donors (Lipinski definition) is 1. The van der Waals surface area contributed by atoms with Crippen LogP contribution < -0.4 is 10.5 Å². The molecule has 3 heterocycles. The minimum atomic E-state index is -2.95. The number of nitrogens with zero attached hydrogens (tertiary/aromatic N) is 5. The van der Waals surface area contributed by atoms with E-state index < -0.39 is 6.61 Å².